The fourth-order valence-corrected chi connectivity index (χ4v) is 1.66. The van der Waals surface area contributed by atoms with E-state index in [0.717, 1.165) is 5.56 Å². The van der Waals surface area contributed by atoms with Crippen LogP contribution in [-0.4, -0.2) is 23.3 Å². The number of rotatable bonds is 3. The Morgan fingerprint density at radius 2 is 1.81 bits per heavy atom. The molecule has 1 amide bonds. The summed E-state index contributed by atoms with van der Waals surface area (Å²) in [6.07, 6.45) is 0.517. The second-order valence-electron chi connectivity index (χ2n) is 3.33. The van der Waals surface area contributed by atoms with E-state index in [9.17, 15) is 4.79 Å². The van der Waals surface area contributed by atoms with Gasteiger partial charge in [-0.25, -0.2) is 4.99 Å². The first-order valence-electron chi connectivity index (χ1n) is 4.69. The number of hydrogen-bond donors (Lipinski definition) is 0. The van der Waals surface area contributed by atoms with Crippen LogP contribution in [0.5, 0.6) is 0 Å². The van der Waals surface area contributed by atoms with Crippen molar-refractivity contribution in [1.29, 1.82) is 0 Å². The number of hydrogen-bond acceptors (Lipinski definition) is 2. The number of benzene rings is 1. The number of halogens is 2. The number of nitrogens with zero attached hydrogens (tertiary/aromatic N) is 2. The molecule has 0 aromatic heterocycles. The highest BCUT2D eigenvalue weighted by molar-refractivity contribution is 6.53. The molecule has 0 N–H and O–H groups in total. The molecule has 0 spiro atoms. The number of carbonyl (C=O) groups excluding carboxylic acids is 1. The first kappa shape index (κ1) is 11.3. The zero-order chi connectivity index (χ0) is 11.5. The van der Waals surface area contributed by atoms with Gasteiger partial charge in [-0.3, -0.25) is 4.79 Å². The minimum atomic E-state index is -0.334. The summed E-state index contributed by atoms with van der Waals surface area (Å²) in [7, 11) is 0. The highest BCUT2D eigenvalue weighted by atomic mass is 35.5. The van der Waals surface area contributed by atoms with Crippen LogP contribution in [0.15, 0.2) is 34.3 Å². The molecule has 0 atom stereocenters. The maximum atomic E-state index is 11.2. The molecule has 0 saturated carbocycles. The van der Waals surface area contributed by atoms with E-state index in [1.165, 1.54) is 0 Å². The lowest BCUT2D eigenvalue weighted by Crippen LogP contribution is -2.08. The van der Waals surface area contributed by atoms with Gasteiger partial charge in [0.2, 0.25) is 0 Å². The largest absolute Gasteiger partial charge is 0.294 e. The average molecular weight is 255 g/mol. The predicted octanol–water partition coefficient (Wildman–Crippen LogP) is 2.50. The Morgan fingerprint density at radius 1 is 1.12 bits per heavy atom. The number of carbonyl (C=O) groups is 1. The van der Waals surface area contributed by atoms with E-state index in [4.69, 9.17) is 23.2 Å². The lowest BCUT2D eigenvalue weighted by atomic mass is 10.1. The average Bonchev–Trinajstić information content (AvgIpc) is 2.62. The van der Waals surface area contributed by atoms with Crippen molar-refractivity contribution in [2.24, 2.45) is 9.98 Å². The molecule has 82 valence electrons. The second kappa shape index (κ2) is 4.76. The lowest BCUT2D eigenvalue weighted by molar-refractivity contribution is -0.111. The van der Waals surface area contributed by atoms with Gasteiger partial charge in [-0.2, -0.15) is 4.99 Å². The van der Waals surface area contributed by atoms with Crippen LogP contribution in [0.3, 0.4) is 0 Å². The zero-order valence-corrected chi connectivity index (χ0v) is 9.79. The molecule has 1 aromatic rings. The second-order valence-corrected chi connectivity index (χ2v) is 4.03. The summed E-state index contributed by atoms with van der Waals surface area (Å²) < 4.78 is 0. The monoisotopic (exact) mass is 254 g/mol. The molecular formula is C11H8Cl2N2O. The van der Waals surface area contributed by atoms with Crippen molar-refractivity contribution in [3.8, 4) is 0 Å². The standard InChI is InChI=1S/C11H8Cl2N2O/c12-6-9-11(16)15-10(14-9)5-7-1-3-8(13)4-2-7/h1-4H,5-6H2. The number of alkyl halides is 1. The third kappa shape index (κ3) is 2.49. The van der Waals surface area contributed by atoms with E-state index in [1.807, 2.05) is 12.1 Å². The quantitative estimate of drug-likeness (QED) is 0.765. The molecule has 0 saturated heterocycles. The lowest BCUT2D eigenvalue weighted by Gasteiger charge is -1.98. The molecule has 0 aliphatic carbocycles. The highest BCUT2D eigenvalue weighted by Crippen LogP contribution is 2.12. The van der Waals surface area contributed by atoms with Crippen LogP contribution in [0.1, 0.15) is 5.56 Å². The first-order valence-corrected chi connectivity index (χ1v) is 5.60. The Balaban J connectivity index is 2.12. The summed E-state index contributed by atoms with van der Waals surface area (Å²) in [5.74, 6) is 0.272. The van der Waals surface area contributed by atoms with E-state index in [0.29, 0.717) is 23.0 Å². The summed E-state index contributed by atoms with van der Waals surface area (Å²) in [5.41, 5.74) is 1.32. The van der Waals surface area contributed by atoms with E-state index in [1.54, 1.807) is 12.1 Å². The summed E-state index contributed by atoms with van der Waals surface area (Å²) in [6, 6.07) is 7.34. The van der Waals surface area contributed by atoms with Gasteiger partial charge in [0.05, 0.1) is 5.88 Å². The van der Waals surface area contributed by atoms with Crippen molar-refractivity contribution in [2.75, 3.05) is 5.88 Å². The van der Waals surface area contributed by atoms with Crippen LogP contribution in [0.25, 0.3) is 0 Å². The van der Waals surface area contributed by atoms with Gasteiger partial charge in [-0.15, -0.1) is 11.6 Å². The third-order valence-corrected chi connectivity index (χ3v) is 2.65. The molecule has 0 unspecified atom stereocenters. The van der Waals surface area contributed by atoms with E-state index in [-0.39, 0.29) is 11.8 Å². The molecule has 1 aromatic carbocycles. The van der Waals surface area contributed by atoms with Crippen molar-refractivity contribution < 1.29 is 4.79 Å². The normalized spacial score (nSPS) is 15.0. The SMILES string of the molecule is O=C1N=C(Cc2ccc(Cl)cc2)N=C1CCl. The molecule has 5 heteroatoms. The van der Waals surface area contributed by atoms with Crippen molar-refractivity contribution in [2.45, 2.75) is 6.42 Å². The van der Waals surface area contributed by atoms with Crippen LogP contribution >= 0.6 is 23.2 Å². The number of amides is 1. The van der Waals surface area contributed by atoms with Gasteiger partial charge in [0, 0.05) is 11.4 Å². The van der Waals surface area contributed by atoms with Gasteiger partial charge in [-0.05, 0) is 17.7 Å². The van der Waals surface area contributed by atoms with E-state index < -0.39 is 0 Å². The molecule has 2 rings (SSSR count). The number of aliphatic imine (C=N–C) groups is 2. The minimum absolute atomic E-state index is 0.104. The summed E-state index contributed by atoms with van der Waals surface area (Å²) in [4.78, 5) is 19.1. The molecular weight excluding hydrogens is 247 g/mol. The minimum Gasteiger partial charge on any atom is -0.265 e. The van der Waals surface area contributed by atoms with Gasteiger partial charge in [-0.1, -0.05) is 23.7 Å². The number of amidine groups is 1. The third-order valence-electron chi connectivity index (χ3n) is 2.14. The highest BCUT2D eigenvalue weighted by Gasteiger charge is 2.18. The molecule has 1 aliphatic heterocycles. The van der Waals surface area contributed by atoms with Gasteiger partial charge in [0.1, 0.15) is 11.5 Å². The van der Waals surface area contributed by atoms with Crippen LogP contribution in [-0.2, 0) is 11.2 Å². The van der Waals surface area contributed by atoms with Gasteiger partial charge in [0.15, 0.2) is 0 Å². The fraction of sp³-hybridized carbons (Fsp3) is 0.182. The molecule has 0 fully saturated rings. The van der Waals surface area contributed by atoms with Crippen LogP contribution < -0.4 is 0 Å². The summed E-state index contributed by atoms with van der Waals surface area (Å²) in [5, 5.41) is 0.679. The van der Waals surface area contributed by atoms with E-state index in [2.05, 4.69) is 9.98 Å². The zero-order valence-electron chi connectivity index (χ0n) is 8.28. The van der Waals surface area contributed by atoms with Crippen LogP contribution in [0.4, 0.5) is 0 Å². The Hall–Kier alpha value is -1.19. The first-order chi connectivity index (χ1) is 7.69. The molecule has 1 heterocycles. The van der Waals surface area contributed by atoms with Gasteiger partial charge < -0.3 is 0 Å². The maximum absolute atomic E-state index is 11.2. The van der Waals surface area contributed by atoms with Crippen LogP contribution in [0, 0.1) is 0 Å². The molecule has 16 heavy (non-hydrogen) atoms. The van der Waals surface area contributed by atoms with Crippen molar-refractivity contribution in [3.63, 3.8) is 0 Å². The Kier molecular flexibility index (Phi) is 3.36. The van der Waals surface area contributed by atoms with Gasteiger partial charge in [0.25, 0.3) is 5.91 Å². The Morgan fingerprint density at radius 3 is 2.38 bits per heavy atom. The molecule has 0 radical (unpaired) electrons. The van der Waals surface area contributed by atoms with Crippen LogP contribution in [0.2, 0.25) is 5.02 Å². The summed E-state index contributed by atoms with van der Waals surface area (Å²) in [6.45, 7) is 0. The molecule has 0 bridgehead atoms. The topological polar surface area (TPSA) is 41.8 Å². The smallest absolute Gasteiger partial charge is 0.265 e. The Bertz CT molecular complexity index is 477. The van der Waals surface area contributed by atoms with Crippen molar-refractivity contribution in [1.82, 2.24) is 0 Å². The Labute approximate surface area is 103 Å². The molecule has 1 aliphatic rings. The molecule has 3 nitrogen and oxygen atoms in total. The van der Waals surface area contributed by atoms with Gasteiger partial charge >= 0.3 is 0 Å². The fourth-order valence-electron chi connectivity index (χ4n) is 1.36. The predicted molar refractivity (Wildman–Crippen MR) is 65.8 cm³/mol. The summed E-state index contributed by atoms with van der Waals surface area (Å²) >= 11 is 11.3. The maximum Gasteiger partial charge on any atom is 0.294 e. The van der Waals surface area contributed by atoms with Crippen molar-refractivity contribution in [3.05, 3.63) is 34.9 Å². The van der Waals surface area contributed by atoms with E-state index >= 15 is 0 Å². The van der Waals surface area contributed by atoms with Crippen molar-refractivity contribution >= 4 is 40.7 Å².